The van der Waals surface area contributed by atoms with Crippen LogP contribution in [0.3, 0.4) is 0 Å². The third-order valence-electron chi connectivity index (χ3n) is 8.97. The largest absolute Gasteiger partial charge is 0.475 e. The monoisotopic (exact) mass is 664 g/mol. The van der Waals surface area contributed by atoms with Gasteiger partial charge in [0.15, 0.2) is 0 Å². The molecule has 0 N–H and O–H groups in total. The number of unbranched alkanes of at least 4 members (excludes halogenated alkanes) is 18. The van der Waals surface area contributed by atoms with Crippen molar-refractivity contribution in [1.82, 2.24) is 8.75 Å². The summed E-state index contributed by atoms with van der Waals surface area (Å²) in [6.07, 6.45) is 28.8. The molecule has 2 heterocycles. The van der Waals surface area contributed by atoms with Crippen LogP contribution >= 0.6 is 11.7 Å². The number of hydrogen-bond acceptors (Lipinski definition) is 8. The van der Waals surface area contributed by atoms with Gasteiger partial charge >= 0.3 is 11.9 Å². The van der Waals surface area contributed by atoms with E-state index in [0.717, 1.165) is 62.9 Å². The normalized spacial score (nSPS) is 16.3. The molecule has 0 amide bonds. The second-order valence-electron chi connectivity index (χ2n) is 13.5. The highest BCUT2D eigenvalue weighted by atomic mass is 32.1. The molecule has 0 saturated heterocycles. The van der Waals surface area contributed by atoms with E-state index in [1.807, 2.05) is 6.92 Å². The standard InChI is InChI=1S/C37H66N3O5S/c1-4-6-7-24-30-44-37-36(38-46-39-37)33-26-25-29-40(3,31-33)32-45-35(42)28-23-21-19-17-15-13-11-9-8-10-12-14-16-18-20-22-27-34(41)43-5-2/h26H,4-25,27-32H2,1-3H3/q+1. The van der Waals surface area contributed by atoms with Gasteiger partial charge in [0.05, 0.1) is 38.5 Å². The summed E-state index contributed by atoms with van der Waals surface area (Å²) >= 11 is 1.21. The number of quaternary nitrogens is 1. The van der Waals surface area contributed by atoms with Gasteiger partial charge in [-0.05, 0) is 26.2 Å². The molecule has 1 aliphatic heterocycles. The van der Waals surface area contributed by atoms with Crippen LogP contribution in [0.1, 0.15) is 167 Å². The molecule has 1 atom stereocenters. The summed E-state index contributed by atoms with van der Waals surface area (Å²) in [7, 11) is 2.16. The fourth-order valence-corrected chi connectivity index (χ4v) is 6.63. The fraction of sp³-hybridized carbons (Fsp3) is 0.838. The van der Waals surface area contributed by atoms with Crippen LogP contribution in [-0.2, 0) is 19.1 Å². The maximum Gasteiger partial charge on any atom is 0.310 e. The van der Waals surface area contributed by atoms with Crippen LogP contribution in [0.15, 0.2) is 6.08 Å². The van der Waals surface area contributed by atoms with Crippen molar-refractivity contribution in [3.63, 3.8) is 0 Å². The van der Waals surface area contributed by atoms with Crippen LogP contribution in [0.5, 0.6) is 5.88 Å². The van der Waals surface area contributed by atoms with E-state index < -0.39 is 0 Å². The van der Waals surface area contributed by atoms with Crippen LogP contribution in [0.2, 0.25) is 0 Å². The molecule has 0 saturated carbocycles. The van der Waals surface area contributed by atoms with E-state index >= 15 is 0 Å². The second-order valence-corrected chi connectivity index (χ2v) is 14.0. The summed E-state index contributed by atoms with van der Waals surface area (Å²) in [5.74, 6) is 0.527. The van der Waals surface area contributed by atoms with Gasteiger partial charge in [-0.1, -0.05) is 122 Å². The Kier molecular flexibility index (Phi) is 22.7. The molecule has 1 aromatic rings. The maximum atomic E-state index is 12.5. The Balaban J connectivity index is 1.41. The Morgan fingerprint density at radius 1 is 0.717 bits per heavy atom. The fourth-order valence-electron chi connectivity index (χ4n) is 6.10. The molecule has 0 spiro atoms. The lowest BCUT2D eigenvalue weighted by Gasteiger charge is -2.36. The number of nitrogens with zero attached hydrogens (tertiary/aromatic N) is 3. The molecule has 8 nitrogen and oxygen atoms in total. The van der Waals surface area contributed by atoms with Gasteiger partial charge in [-0.15, -0.1) is 4.37 Å². The smallest absolute Gasteiger partial charge is 0.310 e. The molecular formula is C37H66N3O5S+. The van der Waals surface area contributed by atoms with Crippen molar-refractivity contribution in [2.45, 2.75) is 162 Å². The first-order valence-electron chi connectivity index (χ1n) is 18.8. The lowest BCUT2D eigenvalue weighted by Crippen LogP contribution is -2.49. The van der Waals surface area contributed by atoms with E-state index in [-0.39, 0.29) is 11.9 Å². The quantitative estimate of drug-likeness (QED) is 0.0479. The SMILES string of the molecule is CCCCCCOc1nsnc1C1=CCC[N+](C)(COC(=O)CCCCCCCCCCCCCCCCCCC(=O)OCC)C1. The summed E-state index contributed by atoms with van der Waals surface area (Å²) in [6, 6.07) is 0. The minimum Gasteiger partial charge on any atom is -0.475 e. The zero-order valence-corrected chi connectivity index (χ0v) is 30.5. The molecule has 1 aliphatic rings. The second kappa shape index (κ2) is 26.0. The Morgan fingerprint density at radius 2 is 1.24 bits per heavy atom. The summed E-state index contributed by atoms with van der Waals surface area (Å²) < 4.78 is 26.3. The molecule has 0 fully saturated rings. The number of hydrogen-bond donors (Lipinski definition) is 0. The van der Waals surface area contributed by atoms with E-state index in [0.29, 0.717) is 43.1 Å². The summed E-state index contributed by atoms with van der Waals surface area (Å²) in [4.78, 5) is 23.8. The van der Waals surface area contributed by atoms with E-state index in [1.54, 1.807) is 0 Å². The van der Waals surface area contributed by atoms with E-state index in [4.69, 9.17) is 14.2 Å². The van der Waals surface area contributed by atoms with Crippen molar-refractivity contribution >= 4 is 29.2 Å². The molecular weight excluding hydrogens is 598 g/mol. The topological polar surface area (TPSA) is 87.6 Å². The number of likely N-dealkylation sites (N-methyl/N-ethyl adjacent to an activating group) is 1. The van der Waals surface area contributed by atoms with Gasteiger partial charge in [0, 0.05) is 24.8 Å². The van der Waals surface area contributed by atoms with Gasteiger partial charge in [0.1, 0.15) is 12.2 Å². The molecule has 1 unspecified atom stereocenters. The summed E-state index contributed by atoms with van der Waals surface area (Å²) in [6.45, 7) is 7.36. The number of carbonyl (C=O) groups excluding carboxylic acids is 2. The van der Waals surface area contributed by atoms with Crippen LogP contribution < -0.4 is 4.74 Å². The van der Waals surface area contributed by atoms with Crippen molar-refractivity contribution in [3.05, 3.63) is 11.8 Å². The molecule has 9 heteroatoms. The minimum absolute atomic E-state index is 0.0497. The van der Waals surface area contributed by atoms with Crippen molar-refractivity contribution in [1.29, 1.82) is 0 Å². The Bertz CT molecular complexity index is 969. The average Bonchev–Trinajstić information content (AvgIpc) is 3.52. The summed E-state index contributed by atoms with van der Waals surface area (Å²) in [5.41, 5.74) is 2.01. The van der Waals surface area contributed by atoms with Crippen LogP contribution in [-0.4, -0.2) is 65.3 Å². The van der Waals surface area contributed by atoms with Gasteiger partial charge in [-0.3, -0.25) is 14.1 Å². The van der Waals surface area contributed by atoms with Crippen LogP contribution in [0.25, 0.3) is 5.57 Å². The number of ether oxygens (including phenoxy) is 3. The first kappa shape index (κ1) is 40.2. The van der Waals surface area contributed by atoms with Crippen molar-refractivity contribution in [3.8, 4) is 5.88 Å². The molecule has 46 heavy (non-hydrogen) atoms. The van der Waals surface area contributed by atoms with E-state index in [9.17, 15) is 9.59 Å². The third kappa shape index (κ3) is 19.0. The highest BCUT2D eigenvalue weighted by Gasteiger charge is 2.31. The molecule has 0 bridgehead atoms. The predicted molar refractivity (Wildman–Crippen MR) is 189 cm³/mol. The van der Waals surface area contributed by atoms with Gasteiger partial charge in [-0.2, -0.15) is 4.37 Å². The van der Waals surface area contributed by atoms with E-state index in [2.05, 4.69) is 28.8 Å². The van der Waals surface area contributed by atoms with Gasteiger partial charge < -0.3 is 14.2 Å². The zero-order chi connectivity index (χ0) is 33.1. The third-order valence-corrected chi connectivity index (χ3v) is 9.48. The molecule has 1 aromatic heterocycles. The molecule has 0 radical (unpaired) electrons. The lowest BCUT2D eigenvalue weighted by molar-refractivity contribution is -0.919. The van der Waals surface area contributed by atoms with Crippen LogP contribution in [0, 0.1) is 0 Å². The number of aromatic nitrogens is 2. The van der Waals surface area contributed by atoms with Crippen molar-refractivity contribution < 1.29 is 28.3 Å². The predicted octanol–water partition coefficient (Wildman–Crippen LogP) is 9.82. The molecule has 264 valence electrons. The van der Waals surface area contributed by atoms with Gasteiger partial charge in [-0.25, -0.2) is 0 Å². The molecule has 2 rings (SSSR count). The van der Waals surface area contributed by atoms with Crippen LogP contribution in [0.4, 0.5) is 0 Å². The average molecular weight is 665 g/mol. The minimum atomic E-state index is -0.0733. The highest BCUT2D eigenvalue weighted by Crippen LogP contribution is 2.30. The van der Waals surface area contributed by atoms with Gasteiger partial charge in [0.25, 0.3) is 5.88 Å². The Hall–Kier alpha value is -2.00. The van der Waals surface area contributed by atoms with Gasteiger partial charge in [0.2, 0.25) is 6.73 Å². The van der Waals surface area contributed by atoms with Crippen molar-refractivity contribution in [2.75, 3.05) is 40.1 Å². The summed E-state index contributed by atoms with van der Waals surface area (Å²) in [5, 5.41) is 0. The number of carbonyl (C=O) groups is 2. The van der Waals surface area contributed by atoms with Crippen molar-refractivity contribution in [2.24, 2.45) is 0 Å². The molecule has 0 aromatic carbocycles. The first-order valence-corrected chi connectivity index (χ1v) is 19.5. The lowest BCUT2D eigenvalue weighted by atomic mass is 10.0. The number of rotatable bonds is 29. The number of esters is 2. The highest BCUT2D eigenvalue weighted by molar-refractivity contribution is 6.99. The zero-order valence-electron chi connectivity index (χ0n) is 29.7. The Morgan fingerprint density at radius 3 is 1.78 bits per heavy atom. The Labute approximate surface area is 285 Å². The van der Waals surface area contributed by atoms with E-state index in [1.165, 1.54) is 108 Å². The molecule has 0 aliphatic carbocycles. The first-order chi connectivity index (χ1) is 22.5. The maximum absolute atomic E-state index is 12.5.